The Labute approximate surface area is 147 Å². The number of esters is 1. The second-order valence-electron chi connectivity index (χ2n) is 5.67. The minimum absolute atomic E-state index is 0.0337. The van der Waals surface area contributed by atoms with Gasteiger partial charge in [0.2, 0.25) is 0 Å². The highest BCUT2D eigenvalue weighted by Gasteiger charge is 2.48. The van der Waals surface area contributed by atoms with E-state index in [0.29, 0.717) is 11.3 Å². The van der Waals surface area contributed by atoms with E-state index in [1.54, 1.807) is 43.6 Å². The molecule has 0 fully saturated rings. The molecule has 1 aromatic heterocycles. The summed E-state index contributed by atoms with van der Waals surface area (Å²) in [7, 11) is -2.51. The zero-order chi connectivity index (χ0) is 18.5. The van der Waals surface area contributed by atoms with Gasteiger partial charge in [-0.1, -0.05) is 6.07 Å². The van der Waals surface area contributed by atoms with Crippen LogP contribution in [0.25, 0.3) is 0 Å². The number of ether oxygens (including phenoxy) is 2. The van der Waals surface area contributed by atoms with Crippen molar-refractivity contribution in [3.8, 4) is 5.75 Å². The molecule has 0 saturated carbocycles. The average Bonchev–Trinajstić information content (AvgIpc) is 2.62. The largest absolute Gasteiger partial charge is 0.497 e. The van der Waals surface area contributed by atoms with Crippen molar-refractivity contribution in [2.75, 3.05) is 13.7 Å². The van der Waals surface area contributed by atoms with Crippen molar-refractivity contribution in [1.29, 1.82) is 0 Å². The van der Waals surface area contributed by atoms with E-state index in [-0.39, 0.29) is 17.9 Å². The lowest BCUT2D eigenvalue weighted by Gasteiger charge is -2.27. The molecule has 0 bridgehead atoms. The van der Waals surface area contributed by atoms with Gasteiger partial charge in [-0.25, -0.2) is 8.42 Å². The number of carbonyl (C=O) groups excluding carboxylic acids is 1. The summed E-state index contributed by atoms with van der Waals surface area (Å²) in [5.41, 5.74) is 0.634. The lowest BCUT2D eigenvalue weighted by Crippen LogP contribution is -2.47. The molecule has 134 valence electrons. The summed E-state index contributed by atoms with van der Waals surface area (Å²) in [4.78, 5) is 16.6. The summed E-state index contributed by atoms with van der Waals surface area (Å²) in [5.74, 6) is -0.251. The fraction of sp³-hybridized carbons (Fsp3) is 0.333. The van der Waals surface area contributed by atoms with Gasteiger partial charge in [0.05, 0.1) is 18.6 Å². The molecule has 0 amide bonds. The quantitative estimate of drug-likeness (QED) is 0.703. The highest BCUT2D eigenvalue weighted by atomic mass is 32.2. The van der Waals surface area contributed by atoms with Gasteiger partial charge in [0.25, 0.3) is 0 Å². The van der Waals surface area contributed by atoms with E-state index in [1.807, 2.05) is 0 Å². The van der Waals surface area contributed by atoms with Crippen molar-refractivity contribution in [2.24, 2.45) is 0 Å². The third-order valence-electron chi connectivity index (χ3n) is 3.93. The van der Waals surface area contributed by atoms with Crippen molar-refractivity contribution in [3.63, 3.8) is 0 Å². The zero-order valence-electron chi connectivity index (χ0n) is 14.4. The van der Waals surface area contributed by atoms with Gasteiger partial charge >= 0.3 is 5.97 Å². The molecule has 0 aliphatic heterocycles. The molecule has 0 aliphatic rings. The first-order valence-electron chi connectivity index (χ1n) is 7.80. The standard InChI is InChI=1S/C18H21NO5S/c1-4-24-17(20)18(2,12-14-6-5-11-19-13-14)25(21,22)16-9-7-15(23-3)8-10-16/h5-11,13H,4,12H2,1-3H3. The molecule has 0 spiro atoms. The predicted octanol–water partition coefficient (Wildman–Crippen LogP) is 2.43. The van der Waals surface area contributed by atoms with Crippen molar-refractivity contribution in [3.05, 3.63) is 54.4 Å². The number of hydrogen-bond donors (Lipinski definition) is 0. The maximum absolute atomic E-state index is 13.2. The Kier molecular flexibility index (Phi) is 5.79. The van der Waals surface area contributed by atoms with Crippen LogP contribution >= 0.6 is 0 Å². The lowest BCUT2D eigenvalue weighted by atomic mass is 10.0. The SMILES string of the molecule is CCOC(=O)C(C)(Cc1cccnc1)S(=O)(=O)c1ccc(OC)cc1. The maximum Gasteiger partial charge on any atom is 0.327 e. The highest BCUT2D eigenvalue weighted by Crippen LogP contribution is 2.31. The van der Waals surface area contributed by atoms with Gasteiger partial charge in [0.15, 0.2) is 14.6 Å². The Morgan fingerprint density at radius 2 is 1.88 bits per heavy atom. The summed E-state index contributed by atoms with van der Waals surface area (Å²) in [6, 6.07) is 9.36. The molecule has 2 rings (SSSR count). The number of methoxy groups -OCH3 is 1. The number of rotatable bonds is 7. The first-order valence-corrected chi connectivity index (χ1v) is 9.28. The minimum atomic E-state index is -4.00. The smallest absolute Gasteiger partial charge is 0.327 e. The van der Waals surface area contributed by atoms with Gasteiger partial charge < -0.3 is 9.47 Å². The normalized spacial score (nSPS) is 13.7. The summed E-state index contributed by atoms with van der Waals surface area (Å²) in [6.45, 7) is 3.12. The van der Waals surface area contributed by atoms with Gasteiger partial charge in [-0.15, -0.1) is 0 Å². The maximum atomic E-state index is 13.2. The third-order valence-corrected chi connectivity index (χ3v) is 6.32. The van der Waals surface area contributed by atoms with Crippen molar-refractivity contribution in [2.45, 2.75) is 29.9 Å². The Morgan fingerprint density at radius 3 is 2.40 bits per heavy atom. The van der Waals surface area contributed by atoms with Crippen molar-refractivity contribution < 1.29 is 22.7 Å². The number of carbonyl (C=O) groups is 1. The van der Waals surface area contributed by atoms with Crippen LogP contribution in [0.4, 0.5) is 0 Å². The van der Waals surface area contributed by atoms with E-state index >= 15 is 0 Å². The fourth-order valence-corrected chi connectivity index (χ4v) is 4.12. The van der Waals surface area contributed by atoms with Gasteiger partial charge in [-0.3, -0.25) is 9.78 Å². The van der Waals surface area contributed by atoms with Crippen LogP contribution in [0.15, 0.2) is 53.7 Å². The Hall–Kier alpha value is -2.41. The van der Waals surface area contributed by atoms with Crippen molar-refractivity contribution >= 4 is 15.8 Å². The number of nitrogens with zero attached hydrogens (tertiary/aromatic N) is 1. The van der Waals surface area contributed by atoms with Crippen LogP contribution in [-0.4, -0.2) is 37.8 Å². The molecule has 1 unspecified atom stereocenters. The Bertz CT molecular complexity index is 818. The second kappa shape index (κ2) is 7.65. The number of sulfone groups is 1. The molecular weight excluding hydrogens is 342 g/mol. The number of benzene rings is 1. The summed E-state index contributed by atoms with van der Waals surface area (Å²) in [5, 5.41) is 0. The fourth-order valence-electron chi connectivity index (χ4n) is 2.47. The molecule has 0 aliphatic carbocycles. The zero-order valence-corrected chi connectivity index (χ0v) is 15.2. The third kappa shape index (κ3) is 3.82. The predicted molar refractivity (Wildman–Crippen MR) is 93.2 cm³/mol. The molecule has 0 radical (unpaired) electrons. The highest BCUT2D eigenvalue weighted by molar-refractivity contribution is 7.93. The van der Waals surface area contributed by atoms with Crippen LogP contribution in [-0.2, 0) is 25.8 Å². The molecular formula is C18H21NO5S. The van der Waals surface area contributed by atoms with Crippen LogP contribution in [0.2, 0.25) is 0 Å². The van der Waals surface area contributed by atoms with E-state index in [1.165, 1.54) is 26.2 Å². The van der Waals surface area contributed by atoms with Gasteiger partial charge in [0.1, 0.15) is 5.75 Å². The van der Waals surface area contributed by atoms with Crippen LogP contribution in [0.1, 0.15) is 19.4 Å². The molecule has 7 heteroatoms. The Morgan fingerprint density at radius 1 is 1.20 bits per heavy atom. The molecule has 2 aromatic rings. The molecule has 1 aromatic carbocycles. The molecule has 1 heterocycles. The molecule has 0 saturated heterocycles. The topological polar surface area (TPSA) is 82.6 Å². The molecule has 1 atom stereocenters. The average molecular weight is 363 g/mol. The van der Waals surface area contributed by atoms with Gasteiger partial charge in [0, 0.05) is 18.8 Å². The van der Waals surface area contributed by atoms with Gasteiger partial charge in [-0.2, -0.15) is 0 Å². The van der Waals surface area contributed by atoms with Crippen LogP contribution in [0.3, 0.4) is 0 Å². The minimum Gasteiger partial charge on any atom is -0.497 e. The summed E-state index contributed by atoms with van der Waals surface area (Å²) in [6.07, 6.45) is 3.10. The van der Waals surface area contributed by atoms with Crippen LogP contribution in [0, 0.1) is 0 Å². The van der Waals surface area contributed by atoms with Gasteiger partial charge in [-0.05, 0) is 49.7 Å². The Balaban J connectivity index is 2.50. The summed E-state index contributed by atoms with van der Waals surface area (Å²) >= 11 is 0. The van der Waals surface area contributed by atoms with E-state index in [2.05, 4.69) is 4.98 Å². The number of aromatic nitrogens is 1. The molecule has 25 heavy (non-hydrogen) atoms. The summed E-state index contributed by atoms with van der Waals surface area (Å²) < 4.78 is 34.8. The second-order valence-corrected chi connectivity index (χ2v) is 8.05. The van der Waals surface area contributed by atoms with E-state index in [4.69, 9.17) is 9.47 Å². The van der Waals surface area contributed by atoms with E-state index in [9.17, 15) is 13.2 Å². The van der Waals surface area contributed by atoms with Crippen molar-refractivity contribution in [1.82, 2.24) is 4.98 Å². The van der Waals surface area contributed by atoms with E-state index < -0.39 is 20.6 Å². The first kappa shape index (κ1) is 18.9. The van der Waals surface area contributed by atoms with Crippen LogP contribution in [0.5, 0.6) is 5.75 Å². The number of hydrogen-bond acceptors (Lipinski definition) is 6. The molecule has 0 N–H and O–H groups in total. The van der Waals surface area contributed by atoms with E-state index in [0.717, 1.165) is 0 Å². The van der Waals surface area contributed by atoms with Crippen LogP contribution < -0.4 is 4.74 Å². The monoisotopic (exact) mass is 363 g/mol. The lowest BCUT2D eigenvalue weighted by molar-refractivity contribution is -0.145. The molecule has 6 nitrogen and oxygen atoms in total. The number of pyridine rings is 1. The first-order chi connectivity index (χ1) is 11.8.